The molecule has 0 N–H and O–H groups in total. The Morgan fingerprint density at radius 1 is 1.00 bits per heavy atom. The molecular formula is C23H33N3O4. The van der Waals surface area contributed by atoms with Gasteiger partial charge in [0.25, 0.3) is 0 Å². The van der Waals surface area contributed by atoms with Crippen molar-refractivity contribution in [2.24, 2.45) is 12.2 Å². The van der Waals surface area contributed by atoms with Crippen molar-refractivity contribution in [1.82, 2.24) is 9.78 Å². The lowest BCUT2D eigenvalue weighted by Crippen LogP contribution is -2.05. The zero-order valence-electron chi connectivity index (χ0n) is 18.7. The Labute approximate surface area is 179 Å². The monoisotopic (exact) mass is 415 g/mol. The van der Waals surface area contributed by atoms with E-state index in [1.165, 1.54) is 7.11 Å². The Hall–Kier alpha value is -2.96. The van der Waals surface area contributed by atoms with E-state index in [1.54, 1.807) is 10.9 Å². The van der Waals surface area contributed by atoms with Crippen molar-refractivity contribution in [3.63, 3.8) is 0 Å². The molecule has 0 fully saturated rings. The summed E-state index contributed by atoms with van der Waals surface area (Å²) in [7, 11) is 3.34. The number of ether oxygens (including phenoxy) is 3. The number of hydrogen-bond acceptors (Lipinski definition) is 6. The quantitative estimate of drug-likeness (QED) is 0.207. The third kappa shape index (κ3) is 7.46. The number of oxime groups is 1. The van der Waals surface area contributed by atoms with Gasteiger partial charge < -0.3 is 19.0 Å². The van der Waals surface area contributed by atoms with Crippen LogP contribution < -0.4 is 14.2 Å². The molecule has 7 heteroatoms. The zero-order valence-corrected chi connectivity index (χ0v) is 18.7. The van der Waals surface area contributed by atoms with Crippen molar-refractivity contribution in [2.75, 3.05) is 26.9 Å². The fourth-order valence-corrected chi connectivity index (χ4v) is 2.97. The topological polar surface area (TPSA) is 67.1 Å². The maximum atomic E-state index is 6.02. The molecule has 1 heterocycles. The molecule has 2 aromatic rings. The number of aromatic nitrogens is 2. The van der Waals surface area contributed by atoms with E-state index in [-0.39, 0.29) is 0 Å². The van der Waals surface area contributed by atoms with E-state index in [1.807, 2.05) is 44.3 Å². The van der Waals surface area contributed by atoms with Gasteiger partial charge in [-0.15, -0.1) is 0 Å². The number of aryl methyl sites for hydroxylation is 3. The molecule has 0 spiro atoms. The molecule has 0 amide bonds. The summed E-state index contributed by atoms with van der Waals surface area (Å²) < 4.78 is 19.2. The van der Waals surface area contributed by atoms with E-state index < -0.39 is 0 Å². The molecule has 7 nitrogen and oxygen atoms in total. The standard InChI is InChI=1S/C23H33N3O4/c1-6-7-11-28-21-14-18(2)23(19(3)15-21)30-13-10-8-9-12-29-22-16-20(17-24-27-5)25-26(22)4/h6-7,14-17H,8-13H2,1-5H3/b7-6+,24-17+. The maximum Gasteiger partial charge on any atom is 0.212 e. The number of unbranched alkanes of at least 4 members (excludes halogenated alkanes) is 2. The third-order valence-corrected chi connectivity index (χ3v) is 4.45. The average molecular weight is 416 g/mol. The molecule has 0 aliphatic heterocycles. The van der Waals surface area contributed by atoms with Gasteiger partial charge in [0, 0.05) is 13.1 Å². The first kappa shape index (κ1) is 23.3. The molecule has 0 aliphatic rings. The van der Waals surface area contributed by atoms with Crippen LogP contribution in [-0.2, 0) is 11.9 Å². The fraction of sp³-hybridized carbons (Fsp3) is 0.478. The smallest absolute Gasteiger partial charge is 0.212 e. The summed E-state index contributed by atoms with van der Waals surface area (Å²) in [5.74, 6) is 2.54. The molecule has 0 unspecified atom stereocenters. The van der Waals surface area contributed by atoms with Crippen LogP contribution >= 0.6 is 0 Å². The van der Waals surface area contributed by atoms with Gasteiger partial charge in [-0.25, -0.2) is 4.68 Å². The summed E-state index contributed by atoms with van der Waals surface area (Å²) in [6.07, 6.45) is 8.47. The van der Waals surface area contributed by atoms with Gasteiger partial charge in [0.15, 0.2) is 0 Å². The van der Waals surface area contributed by atoms with E-state index in [0.29, 0.717) is 31.4 Å². The van der Waals surface area contributed by atoms with Crippen LogP contribution in [0.15, 0.2) is 35.5 Å². The SMILES string of the molecule is C/C=C/COc1cc(C)c(OCCCCCOc2cc(/C=N/OC)nn2C)c(C)c1. The second-order valence-electron chi connectivity index (χ2n) is 6.97. The second-order valence-corrected chi connectivity index (χ2v) is 6.97. The highest BCUT2D eigenvalue weighted by atomic mass is 16.6. The number of allylic oxidation sites excluding steroid dienone is 1. The van der Waals surface area contributed by atoms with Gasteiger partial charge in [-0.05, 0) is 63.3 Å². The van der Waals surface area contributed by atoms with Crippen LogP contribution in [-0.4, -0.2) is 42.9 Å². The van der Waals surface area contributed by atoms with Crippen molar-refractivity contribution in [3.8, 4) is 17.4 Å². The minimum Gasteiger partial charge on any atom is -0.493 e. The molecule has 1 aromatic heterocycles. The summed E-state index contributed by atoms with van der Waals surface area (Å²) >= 11 is 0. The Kier molecular flexibility index (Phi) is 9.77. The highest BCUT2D eigenvalue weighted by Crippen LogP contribution is 2.28. The summed E-state index contributed by atoms with van der Waals surface area (Å²) in [4.78, 5) is 4.66. The predicted molar refractivity (Wildman–Crippen MR) is 119 cm³/mol. The largest absolute Gasteiger partial charge is 0.493 e. The van der Waals surface area contributed by atoms with Crippen LogP contribution in [0.2, 0.25) is 0 Å². The molecule has 30 heavy (non-hydrogen) atoms. The van der Waals surface area contributed by atoms with Gasteiger partial charge in [-0.2, -0.15) is 5.10 Å². The number of hydrogen-bond donors (Lipinski definition) is 0. The molecule has 0 atom stereocenters. The molecule has 0 radical (unpaired) electrons. The highest BCUT2D eigenvalue weighted by Gasteiger charge is 2.08. The predicted octanol–water partition coefficient (Wildman–Crippen LogP) is 4.60. The molecule has 0 saturated heterocycles. The van der Waals surface area contributed by atoms with E-state index in [9.17, 15) is 0 Å². The molecule has 2 rings (SSSR count). The molecule has 1 aromatic carbocycles. The van der Waals surface area contributed by atoms with Crippen LogP contribution in [0.1, 0.15) is 43.0 Å². The highest BCUT2D eigenvalue weighted by molar-refractivity contribution is 5.76. The van der Waals surface area contributed by atoms with Crippen LogP contribution in [0.25, 0.3) is 0 Å². The van der Waals surface area contributed by atoms with E-state index >= 15 is 0 Å². The van der Waals surface area contributed by atoms with Crippen molar-refractivity contribution >= 4 is 6.21 Å². The average Bonchev–Trinajstić information content (AvgIpc) is 3.07. The first-order chi connectivity index (χ1) is 14.5. The first-order valence-electron chi connectivity index (χ1n) is 10.3. The molecule has 0 saturated carbocycles. The van der Waals surface area contributed by atoms with Crippen LogP contribution in [0.3, 0.4) is 0 Å². The fourth-order valence-electron chi connectivity index (χ4n) is 2.97. The van der Waals surface area contributed by atoms with E-state index in [2.05, 4.69) is 28.9 Å². The zero-order chi connectivity index (χ0) is 21.8. The second kappa shape index (κ2) is 12.6. The van der Waals surface area contributed by atoms with Crippen LogP contribution in [0.4, 0.5) is 0 Å². The van der Waals surface area contributed by atoms with Crippen molar-refractivity contribution in [3.05, 3.63) is 47.2 Å². The lowest BCUT2D eigenvalue weighted by atomic mass is 10.1. The normalized spacial score (nSPS) is 11.4. The van der Waals surface area contributed by atoms with Crippen LogP contribution in [0, 0.1) is 13.8 Å². The summed E-state index contributed by atoms with van der Waals surface area (Å²) in [6, 6.07) is 5.89. The number of nitrogens with zero attached hydrogens (tertiary/aromatic N) is 3. The Morgan fingerprint density at radius 2 is 1.70 bits per heavy atom. The summed E-state index contributed by atoms with van der Waals surface area (Å²) in [5, 5.41) is 7.99. The van der Waals surface area contributed by atoms with E-state index in [4.69, 9.17) is 14.2 Å². The lowest BCUT2D eigenvalue weighted by molar-refractivity contribution is 0.215. The Bertz CT molecular complexity index is 820. The van der Waals surface area contributed by atoms with Gasteiger partial charge >= 0.3 is 0 Å². The van der Waals surface area contributed by atoms with Gasteiger partial charge in [0.05, 0.1) is 19.4 Å². The molecular weight excluding hydrogens is 382 g/mol. The minimum atomic E-state index is 0.582. The summed E-state index contributed by atoms with van der Waals surface area (Å²) in [6.45, 7) is 7.99. The molecule has 164 valence electrons. The Morgan fingerprint density at radius 3 is 2.37 bits per heavy atom. The van der Waals surface area contributed by atoms with Gasteiger partial charge in [-0.1, -0.05) is 17.3 Å². The first-order valence-corrected chi connectivity index (χ1v) is 10.3. The van der Waals surface area contributed by atoms with Crippen molar-refractivity contribution in [1.29, 1.82) is 0 Å². The van der Waals surface area contributed by atoms with Crippen molar-refractivity contribution < 1.29 is 19.0 Å². The molecule has 0 aliphatic carbocycles. The number of rotatable bonds is 13. The summed E-state index contributed by atoms with van der Waals surface area (Å²) in [5.41, 5.74) is 2.89. The van der Waals surface area contributed by atoms with Gasteiger partial charge in [0.1, 0.15) is 30.9 Å². The van der Waals surface area contributed by atoms with Gasteiger partial charge in [0.2, 0.25) is 5.88 Å². The van der Waals surface area contributed by atoms with E-state index in [0.717, 1.165) is 41.9 Å². The minimum absolute atomic E-state index is 0.582. The van der Waals surface area contributed by atoms with Gasteiger partial charge in [-0.3, -0.25) is 0 Å². The third-order valence-electron chi connectivity index (χ3n) is 4.45. The Balaban J connectivity index is 1.68. The van der Waals surface area contributed by atoms with Crippen LogP contribution in [0.5, 0.6) is 17.4 Å². The number of benzene rings is 1. The van der Waals surface area contributed by atoms with Crippen molar-refractivity contribution in [2.45, 2.75) is 40.0 Å². The molecule has 0 bridgehead atoms. The lowest BCUT2D eigenvalue weighted by Gasteiger charge is -2.14. The maximum absolute atomic E-state index is 6.02.